The van der Waals surface area contributed by atoms with Gasteiger partial charge in [-0.1, -0.05) is 51.1 Å². The average molecular weight is 311 g/mol. The maximum Gasteiger partial charge on any atom is 0.150 e. The zero-order valence-corrected chi connectivity index (χ0v) is 14.4. The predicted molar refractivity (Wildman–Crippen MR) is 90.5 cm³/mol. The first-order valence-corrected chi connectivity index (χ1v) is 9.78. The Morgan fingerprint density at radius 3 is 2.29 bits per heavy atom. The fourth-order valence-electron chi connectivity index (χ4n) is 2.63. The summed E-state index contributed by atoms with van der Waals surface area (Å²) in [4.78, 5) is 0. The van der Waals surface area contributed by atoms with E-state index in [4.69, 9.17) is 0 Å². The first-order chi connectivity index (χ1) is 9.99. The quantitative estimate of drug-likeness (QED) is 0.675. The molecule has 0 saturated carbocycles. The molecule has 120 valence electrons. The van der Waals surface area contributed by atoms with Gasteiger partial charge < -0.3 is 5.32 Å². The van der Waals surface area contributed by atoms with Crippen molar-refractivity contribution >= 4 is 9.84 Å². The number of benzene rings is 1. The lowest BCUT2D eigenvalue weighted by Gasteiger charge is -2.34. The molecule has 0 aliphatic rings. The maximum absolute atomic E-state index is 11.9. The van der Waals surface area contributed by atoms with Crippen molar-refractivity contribution < 1.29 is 8.42 Å². The molecule has 0 aliphatic heterocycles. The second kappa shape index (κ2) is 8.54. The van der Waals surface area contributed by atoms with E-state index in [1.165, 1.54) is 5.56 Å². The van der Waals surface area contributed by atoms with Crippen molar-refractivity contribution in [2.75, 3.05) is 24.6 Å². The van der Waals surface area contributed by atoms with Gasteiger partial charge in [0.05, 0.1) is 5.75 Å². The molecule has 21 heavy (non-hydrogen) atoms. The van der Waals surface area contributed by atoms with Gasteiger partial charge in [0.2, 0.25) is 0 Å². The zero-order chi connectivity index (χ0) is 15.8. The number of rotatable bonds is 10. The molecule has 0 spiro atoms. The van der Waals surface area contributed by atoms with Gasteiger partial charge in [-0.2, -0.15) is 0 Å². The van der Waals surface area contributed by atoms with E-state index >= 15 is 0 Å². The lowest BCUT2D eigenvalue weighted by Crippen LogP contribution is -2.39. The summed E-state index contributed by atoms with van der Waals surface area (Å²) in [6.45, 7) is 7.82. The fourth-order valence-corrected chi connectivity index (χ4v) is 3.62. The van der Waals surface area contributed by atoms with Gasteiger partial charge in [0.1, 0.15) is 9.84 Å². The summed E-state index contributed by atoms with van der Waals surface area (Å²) in [6, 6.07) is 10.3. The van der Waals surface area contributed by atoms with E-state index in [2.05, 4.69) is 31.3 Å². The molecule has 0 bridgehead atoms. The van der Waals surface area contributed by atoms with Gasteiger partial charge in [0.25, 0.3) is 0 Å². The van der Waals surface area contributed by atoms with Gasteiger partial charge >= 0.3 is 0 Å². The maximum atomic E-state index is 11.9. The molecule has 0 radical (unpaired) electrons. The largest absolute Gasteiger partial charge is 0.316 e. The van der Waals surface area contributed by atoms with Crippen LogP contribution in [0.5, 0.6) is 0 Å². The minimum absolute atomic E-state index is 0.0985. The highest BCUT2D eigenvalue weighted by molar-refractivity contribution is 7.91. The van der Waals surface area contributed by atoms with Crippen molar-refractivity contribution in [3.05, 3.63) is 35.9 Å². The Hall–Kier alpha value is -0.870. The van der Waals surface area contributed by atoms with Crippen molar-refractivity contribution in [3.8, 4) is 0 Å². The molecule has 0 aliphatic carbocycles. The molecule has 0 fully saturated rings. The van der Waals surface area contributed by atoms with E-state index in [1.807, 2.05) is 18.2 Å². The molecule has 1 aromatic rings. The Morgan fingerprint density at radius 1 is 1.10 bits per heavy atom. The second-order valence-electron chi connectivity index (χ2n) is 5.66. The van der Waals surface area contributed by atoms with Crippen LogP contribution in [0.3, 0.4) is 0 Å². The number of hydrogen-bond donors (Lipinski definition) is 1. The van der Waals surface area contributed by atoms with Gasteiger partial charge in [-0.15, -0.1) is 0 Å². The third kappa shape index (κ3) is 5.44. The van der Waals surface area contributed by atoms with E-state index in [9.17, 15) is 8.42 Å². The van der Waals surface area contributed by atoms with Gasteiger partial charge in [-0.05, 0) is 31.4 Å². The third-order valence-electron chi connectivity index (χ3n) is 4.28. The molecular weight excluding hydrogens is 282 g/mol. The molecule has 1 rings (SSSR count). The Balaban J connectivity index is 2.96. The molecule has 1 N–H and O–H groups in total. The fraction of sp³-hybridized carbons (Fsp3) is 0.647. The topological polar surface area (TPSA) is 46.2 Å². The lowest BCUT2D eigenvalue weighted by atomic mass is 9.75. The van der Waals surface area contributed by atoms with Gasteiger partial charge in [-0.25, -0.2) is 8.42 Å². The van der Waals surface area contributed by atoms with Crippen LogP contribution in [0.1, 0.15) is 45.6 Å². The van der Waals surface area contributed by atoms with Crippen LogP contribution in [-0.2, 0) is 15.3 Å². The van der Waals surface area contributed by atoms with E-state index in [-0.39, 0.29) is 16.9 Å². The van der Waals surface area contributed by atoms with Crippen molar-refractivity contribution in [1.29, 1.82) is 0 Å². The summed E-state index contributed by atoms with van der Waals surface area (Å²) < 4.78 is 23.8. The average Bonchev–Trinajstić information content (AvgIpc) is 2.52. The Kier molecular flexibility index (Phi) is 7.40. The van der Waals surface area contributed by atoms with Gasteiger partial charge in [-0.3, -0.25) is 0 Å². The van der Waals surface area contributed by atoms with Crippen LogP contribution in [0.25, 0.3) is 0 Å². The molecule has 1 aromatic carbocycles. The predicted octanol–water partition coefficient (Wildman–Crippen LogP) is 3.16. The summed E-state index contributed by atoms with van der Waals surface area (Å²) in [7, 11) is -2.93. The van der Waals surface area contributed by atoms with Crippen LogP contribution in [0.4, 0.5) is 0 Å². The van der Waals surface area contributed by atoms with Crippen molar-refractivity contribution in [2.24, 2.45) is 0 Å². The minimum atomic E-state index is -2.93. The van der Waals surface area contributed by atoms with Crippen molar-refractivity contribution in [3.63, 3.8) is 0 Å². The molecule has 1 unspecified atom stereocenters. The standard InChI is InChI=1S/C17H29NO2S/c1-4-13-18-15-17(5-2,12-14-21(19,20)6-3)16-10-8-7-9-11-16/h7-11,18H,4-6,12-15H2,1-3H3. The number of sulfone groups is 1. The first kappa shape index (κ1) is 18.2. The highest BCUT2D eigenvalue weighted by Gasteiger charge is 2.31. The molecular formula is C17H29NO2S. The lowest BCUT2D eigenvalue weighted by molar-refractivity contribution is 0.369. The summed E-state index contributed by atoms with van der Waals surface area (Å²) >= 11 is 0. The third-order valence-corrected chi connectivity index (χ3v) is 5.99. The van der Waals surface area contributed by atoms with Crippen LogP contribution < -0.4 is 5.32 Å². The summed E-state index contributed by atoms with van der Waals surface area (Å²) in [6.07, 6.45) is 2.70. The van der Waals surface area contributed by atoms with Crippen molar-refractivity contribution in [1.82, 2.24) is 5.32 Å². The van der Waals surface area contributed by atoms with Gasteiger partial charge in [0.15, 0.2) is 0 Å². The molecule has 1 atom stereocenters. The van der Waals surface area contributed by atoms with Gasteiger partial charge in [0, 0.05) is 17.7 Å². The number of nitrogens with one attached hydrogen (secondary N) is 1. The minimum Gasteiger partial charge on any atom is -0.316 e. The molecule has 0 aromatic heterocycles. The van der Waals surface area contributed by atoms with Crippen LogP contribution in [0.15, 0.2) is 30.3 Å². The summed E-state index contributed by atoms with van der Waals surface area (Å²) in [5.74, 6) is 0.490. The summed E-state index contributed by atoms with van der Waals surface area (Å²) in [5, 5.41) is 3.48. The Bertz CT molecular complexity index is 499. The van der Waals surface area contributed by atoms with E-state index in [0.29, 0.717) is 6.42 Å². The second-order valence-corrected chi connectivity index (χ2v) is 8.14. The summed E-state index contributed by atoms with van der Waals surface area (Å²) in [5.41, 5.74) is 1.14. The molecule has 3 nitrogen and oxygen atoms in total. The first-order valence-electron chi connectivity index (χ1n) is 7.96. The molecule has 4 heteroatoms. The van der Waals surface area contributed by atoms with Crippen LogP contribution in [-0.4, -0.2) is 33.0 Å². The molecule has 0 amide bonds. The van der Waals surface area contributed by atoms with E-state index in [1.54, 1.807) is 6.92 Å². The number of hydrogen-bond acceptors (Lipinski definition) is 3. The molecule has 0 saturated heterocycles. The Morgan fingerprint density at radius 2 is 1.76 bits per heavy atom. The van der Waals surface area contributed by atoms with E-state index < -0.39 is 9.84 Å². The smallest absolute Gasteiger partial charge is 0.150 e. The van der Waals surface area contributed by atoms with Crippen LogP contribution in [0.2, 0.25) is 0 Å². The normalized spacial score (nSPS) is 14.8. The van der Waals surface area contributed by atoms with Crippen LogP contribution >= 0.6 is 0 Å². The van der Waals surface area contributed by atoms with E-state index in [0.717, 1.165) is 25.9 Å². The monoisotopic (exact) mass is 311 g/mol. The highest BCUT2D eigenvalue weighted by Crippen LogP contribution is 2.31. The van der Waals surface area contributed by atoms with Crippen LogP contribution in [0, 0.1) is 0 Å². The van der Waals surface area contributed by atoms with Crippen molar-refractivity contribution in [2.45, 2.75) is 45.4 Å². The zero-order valence-electron chi connectivity index (χ0n) is 13.6. The molecule has 0 heterocycles. The highest BCUT2D eigenvalue weighted by atomic mass is 32.2. The Labute approximate surface area is 130 Å². The SMILES string of the molecule is CCCNCC(CC)(CCS(=O)(=O)CC)c1ccccc1.